The Hall–Kier alpha value is -1.71. The van der Waals surface area contributed by atoms with Crippen LogP contribution in [-0.2, 0) is 6.42 Å². The molecule has 4 heteroatoms. The van der Waals surface area contributed by atoms with Crippen molar-refractivity contribution in [3.8, 4) is 11.5 Å². The van der Waals surface area contributed by atoms with Crippen molar-refractivity contribution in [1.29, 1.82) is 0 Å². The Balaban J connectivity index is 1.96. The van der Waals surface area contributed by atoms with Crippen LogP contribution in [0.1, 0.15) is 24.2 Å². The van der Waals surface area contributed by atoms with Crippen LogP contribution in [0.4, 0.5) is 0 Å². The van der Waals surface area contributed by atoms with Gasteiger partial charge in [-0.3, -0.25) is 0 Å². The van der Waals surface area contributed by atoms with Gasteiger partial charge in [0, 0.05) is 17.0 Å². The number of aliphatic hydroxyl groups excluding tert-OH is 1. The lowest BCUT2D eigenvalue weighted by atomic mass is 10.1. The van der Waals surface area contributed by atoms with E-state index in [2.05, 4.69) is 0 Å². The summed E-state index contributed by atoms with van der Waals surface area (Å²) in [7, 11) is 1.65. The topological polar surface area (TPSA) is 38.7 Å². The summed E-state index contributed by atoms with van der Waals surface area (Å²) in [6, 6.07) is 13.2. The molecule has 0 aliphatic rings. The van der Waals surface area contributed by atoms with Crippen LogP contribution < -0.4 is 9.47 Å². The number of hydrogen-bond acceptors (Lipinski definition) is 3. The molecule has 0 bridgehead atoms. The van der Waals surface area contributed by atoms with E-state index in [0.29, 0.717) is 22.9 Å². The highest BCUT2D eigenvalue weighted by molar-refractivity contribution is 6.30. The van der Waals surface area contributed by atoms with Crippen LogP contribution in [0.2, 0.25) is 5.02 Å². The van der Waals surface area contributed by atoms with Crippen LogP contribution >= 0.6 is 11.6 Å². The highest BCUT2D eigenvalue weighted by Gasteiger charge is 2.10. The van der Waals surface area contributed by atoms with Crippen LogP contribution in [0.5, 0.6) is 11.5 Å². The second-order valence-electron chi connectivity index (χ2n) is 4.80. The summed E-state index contributed by atoms with van der Waals surface area (Å²) in [5.41, 5.74) is 1.88. The highest BCUT2D eigenvalue weighted by Crippen LogP contribution is 2.28. The fourth-order valence-electron chi connectivity index (χ4n) is 2.05. The molecule has 0 saturated carbocycles. The fraction of sp³-hybridized carbons (Fsp3) is 0.294. The molecule has 2 aromatic rings. The van der Waals surface area contributed by atoms with Gasteiger partial charge in [0.1, 0.15) is 11.5 Å². The zero-order valence-corrected chi connectivity index (χ0v) is 12.9. The first-order valence-corrected chi connectivity index (χ1v) is 7.21. The van der Waals surface area contributed by atoms with Crippen molar-refractivity contribution in [1.82, 2.24) is 0 Å². The molecule has 2 aromatic carbocycles. The first kappa shape index (κ1) is 15.7. The van der Waals surface area contributed by atoms with E-state index in [4.69, 9.17) is 21.1 Å². The third kappa shape index (κ3) is 4.38. The summed E-state index contributed by atoms with van der Waals surface area (Å²) in [5.74, 6) is 1.51. The molecule has 0 saturated heterocycles. The summed E-state index contributed by atoms with van der Waals surface area (Å²) in [6.45, 7) is 2.23. The molecule has 0 fully saturated rings. The minimum Gasteiger partial charge on any atom is -0.497 e. The molecular formula is C17H19ClO3. The van der Waals surface area contributed by atoms with E-state index in [1.807, 2.05) is 24.3 Å². The zero-order chi connectivity index (χ0) is 15.2. The Labute approximate surface area is 130 Å². The van der Waals surface area contributed by atoms with Gasteiger partial charge < -0.3 is 14.6 Å². The molecule has 0 aliphatic heterocycles. The lowest BCUT2D eigenvalue weighted by molar-refractivity contribution is 0.191. The fourth-order valence-corrected chi connectivity index (χ4v) is 2.23. The molecule has 21 heavy (non-hydrogen) atoms. The van der Waals surface area contributed by atoms with Gasteiger partial charge in [0.25, 0.3) is 0 Å². The molecule has 112 valence electrons. The summed E-state index contributed by atoms with van der Waals surface area (Å²) >= 11 is 5.94. The quantitative estimate of drug-likeness (QED) is 0.876. The lowest BCUT2D eigenvalue weighted by Gasteiger charge is -2.14. The summed E-state index contributed by atoms with van der Waals surface area (Å²) in [4.78, 5) is 0. The van der Waals surface area contributed by atoms with Crippen LogP contribution in [0.15, 0.2) is 42.5 Å². The average molecular weight is 307 g/mol. The molecule has 1 N–H and O–H groups in total. The van der Waals surface area contributed by atoms with E-state index in [1.165, 1.54) is 5.56 Å². The smallest absolute Gasteiger partial charge is 0.125 e. The SMILES string of the molecule is COc1ccc(CCOc2ccc(Cl)cc2[C@@H](C)O)cc1. The monoisotopic (exact) mass is 306 g/mol. The molecular weight excluding hydrogens is 288 g/mol. The zero-order valence-electron chi connectivity index (χ0n) is 12.2. The van der Waals surface area contributed by atoms with E-state index in [9.17, 15) is 5.11 Å². The Morgan fingerprint density at radius 1 is 1.14 bits per heavy atom. The standard InChI is InChI=1S/C17H19ClO3/c1-12(19)16-11-14(18)5-8-17(16)21-10-9-13-3-6-15(20-2)7-4-13/h3-8,11-12,19H,9-10H2,1-2H3/t12-/m1/s1. The Morgan fingerprint density at radius 3 is 2.48 bits per heavy atom. The maximum absolute atomic E-state index is 9.75. The number of benzene rings is 2. The molecule has 0 unspecified atom stereocenters. The highest BCUT2D eigenvalue weighted by atomic mass is 35.5. The average Bonchev–Trinajstić information content (AvgIpc) is 2.49. The van der Waals surface area contributed by atoms with Gasteiger partial charge in [-0.05, 0) is 42.8 Å². The summed E-state index contributed by atoms with van der Waals surface area (Å²) in [6.07, 6.45) is 0.172. The molecule has 0 aliphatic carbocycles. The first-order chi connectivity index (χ1) is 10.1. The molecule has 3 nitrogen and oxygen atoms in total. The van der Waals surface area contributed by atoms with E-state index in [1.54, 1.807) is 32.2 Å². The van der Waals surface area contributed by atoms with Crippen molar-refractivity contribution in [2.24, 2.45) is 0 Å². The number of aliphatic hydroxyl groups is 1. The van der Waals surface area contributed by atoms with Gasteiger partial charge in [-0.25, -0.2) is 0 Å². The van der Waals surface area contributed by atoms with Crippen molar-refractivity contribution >= 4 is 11.6 Å². The predicted molar refractivity (Wildman–Crippen MR) is 84.3 cm³/mol. The van der Waals surface area contributed by atoms with Gasteiger partial charge >= 0.3 is 0 Å². The maximum atomic E-state index is 9.75. The number of methoxy groups -OCH3 is 1. The Morgan fingerprint density at radius 2 is 1.86 bits per heavy atom. The number of halogens is 1. The van der Waals surface area contributed by atoms with Crippen molar-refractivity contribution in [3.63, 3.8) is 0 Å². The third-order valence-electron chi connectivity index (χ3n) is 3.23. The second-order valence-corrected chi connectivity index (χ2v) is 5.24. The molecule has 0 amide bonds. The number of ether oxygens (including phenoxy) is 2. The Kier molecular flexibility index (Phi) is 5.48. The van der Waals surface area contributed by atoms with Gasteiger partial charge in [-0.15, -0.1) is 0 Å². The predicted octanol–water partition coefficient (Wildman–Crippen LogP) is 4.02. The summed E-state index contributed by atoms with van der Waals surface area (Å²) < 4.78 is 10.9. The van der Waals surface area contributed by atoms with Crippen LogP contribution in [0.3, 0.4) is 0 Å². The molecule has 0 aromatic heterocycles. The van der Waals surface area contributed by atoms with Crippen molar-refractivity contribution < 1.29 is 14.6 Å². The maximum Gasteiger partial charge on any atom is 0.125 e. The molecule has 2 rings (SSSR count). The number of rotatable bonds is 6. The summed E-state index contributed by atoms with van der Waals surface area (Å²) in [5, 5.41) is 10.3. The van der Waals surface area contributed by atoms with Gasteiger partial charge in [0.15, 0.2) is 0 Å². The van der Waals surface area contributed by atoms with Gasteiger partial charge in [0.2, 0.25) is 0 Å². The van der Waals surface area contributed by atoms with Gasteiger partial charge in [-0.2, -0.15) is 0 Å². The molecule has 0 radical (unpaired) electrons. The first-order valence-electron chi connectivity index (χ1n) is 6.83. The van der Waals surface area contributed by atoms with E-state index >= 15 is 0 Å². The van der Waals surface area contributed by atoms with Crippen molar-refractivity contribution in [2.75, 3.05) is 13.7 Å². The minimum absolute atomic E-state index is 0.535. The van der Waals surface area contributed by atoms with Crippen LogP contribution in [-0.4, -0.2) is 18.8 Å². The molecule has 1 atom stereocenters. The van der Waals surface area contributed by atoms with E-state index < -0.39 is 6.10 Å². The normalized spacial score (nSPS) is 12.0. The second kappa shape index (κ2) is 7.34. The molecule has 0 heterocycles. The van der Waals surface area contributed by atoms with E-state index in [0.717, 1.165) is 12.2 Å². The van der Waals surface area contributed by atoms with E-state index in [-0.39, 0.29) is 0 Å². The van der Waals surface area contributed by atoms with Crippen molar-refractivity contribution in [2.45, 2.75) is 19.4 Å². The molecule has 0 spiro atoms. The number of hydrogen-bond donors (Lipinski definition) is 1. The van der Waals surface area contributed by atoms with Crippen molar-refractivity contribution in [3.05, 3.63) is 58.6 Å². The largest absolute Gasteiger partial charge is 0.497 e. The van der Waals surface area contributed by atoms with Gasteiger partial charge in [0.05, 0.1) is 19.8 Å². The van der Waals surface area contributed by atoms with Crippen LogP contribution in [0, 0.1) is 0 Å². The third-order valence-corrected chi connectivity index (χ3v) is 3.46. The van der Waals surface area contributed by atoms with Crippen LogP contribution in [0.25, 0.3) is 0 Å². The minimum atomic E-state index is -0.611. The Bertz CT molecular complexity index is 579. The lowest BCUT2D eigenvalue weighted by Crippen LogP contribution is -2.04. The van der Waals surface area contributed by atoms with Gasteiger partial charge in [-0.1, -0.05) is 23.7 Å².